The number of aromatic nitrogens is 3. The third kappa shape index (κ3) is 3.48. The highest BCUT2D eigenvalue weighted by molar-refractivity contribution is 7.99. The third-order valence-corrected chi connectivity index (χ3v) is 5.63. The van der Waals surface area contributed by atoms with Gasteiger partial charge >= 0.3 is 0 Å². The van der Waals surface area contributed by atoms with Crippen LogP contribution in [0.15, 0.2) is 35.7 Å². The highest BCUT2D eigenvalue weighted by Crippen LogP contribution is 2.26. The maximum atomic E-state index is 12.7. The highest BCUT2D eigenvalue weighted by atomic mass is 32.2. The van der Waals surface area contributed by atoms with Crippen molar-refractivity contribution in [3.05, 3.63) is 36.2 Å². The molecule has 2 heterocycles. The molecule has 5 nitrogen and oxygen atoms in total. The Bertz CT molecular complexity index is 705. The average molecular weight is 344 g/mol. The molecular formula is C18H24N4OS. The Kier molecular flexibility index (Phi) is 5.23. The molecule has 2 atom stereocenters. The zero-order valence-electron chi connectivity index (χ0n) is 14.5. The van der Waals surface area contributed by atoms with E-state index in [4.69, 9.17) is 0 Å². The van der Waals surface area contributed by atoms with Gasteiger partial charge in [-0.05, 0) is 51.7 Å². The van der Waals surface area contributed by atoms with Gasteiger partial charge in [0.1, 0.15) is 6.33 Å². The van der Waals surface area contributed by atoms with E-state index in [0.717, 1.165) is 29.2 Å². The van der Waals surface area contributed by atoms with Crippen LogP contribution in [0.4, 0.5) is 0 Å². The summed E-state index contributed by atoms with van der Waals surface area (Å²) < 4.78 is 1.95. The van der Waals surface area contributed by atoms with Gasteiger partial charge in [-0.1, -0.05) is 30.0 Å². The summed E-state index contributed by atoms with van der Waals surface area (Å²) in [5.41, 5.74) is 2.21. The van der Waals surface area contributed by atoms with Crippen LogP contribution in [-0.4, -0.2) is 43.4 Å². The van der Waals surface area contributed by atoms with E-state index >= 15 is 0 Å². The molecule has 1 amide bonds. The first-order chi connectivity index (χ1) is 11.6. The molecule has 2 aromatic rings. The van der Waals surface area contributed by atoms with Crippen molar-refractivity contribution in [2.24, 2.45) is 0 Å². The van der Waals surface area contributed by atoms with Gasteiger partial charge in [0.25, 0.3) is 0 Å². The molecule has 0 aliphatic carbocycles. The van der Waals surface area contributed by atoms with Crippen LogP contribution in [0.25, 0.3) is 5.69 Å². The topological polar surface area (TPSA) is 51.0 Å². The van der Waals surface area contributed by atoms with Crippen LogP contribution in [0, 0.1) is 6.92 Å². The third-order valence-electron chi connectivity index (χ3n) is 4.70. The first kappa shape index (κ1) is 17.0. The van der Waals surface area contributed by atoms with Gasteiger partial charge in [-0.3, -0.25) is 9.36 Å². The van der Waals surface area contributed by atoms with Crippen molar-refractivity contribution in [3.63, 3.8) is 0 Å². The Balaban J connectivity index is 1.71. The number of para-hydroxylation sites is 1. The molecule has 1 fully saturated rings. The smallest absolute Gasteiger partial charge is 0.233 e. The van der Waals surface area contributed by atoms with Gasteiger partial charge in [-0.2, -0.15) is 0 Å². The molecule has 24 heavy (non-hydrogen) atoms. The lowest BCUT2D eigenvalue weighted by Crippen LogP contribution is -2.48. The molecule has 0 spiro atoms. The predicted molar refractivity (Wildman–Crippen MR) is 96.4 cm³/mol. The SMILES string of the molecule is Cc1ccccc1-n1cnnc1SCC(=O)N1[C@H](C)CCC[C@@H]1C. The monoisotopic (exact) mass is 344 g/mol. The number of benzene rings is 1. The molecular weight excluding hydrogens is 320 g/mol. The minimum atomic E-state index is 0.194. The summed E-state index contributed by atoms with van der Waals surface area (Å²) in [5.74, 6) is 0.596. The molecule has 1 saturated heterocycles. The Labute approximate surface area is 147 Å². The summed E-state index contributed by atoms with van der Waals surface area (Å²) in [6.07, 6.45) is 5.11. The Morgan fingerprint density at radius 2 is 1.96 bits per heavy atom. The lowest BCUT2D eigenvalue weighted by atomic mass is 9.98. The fourth-order valence-electron chi connectivity index (χ4n) is 3.44. The first-order valence-corrected chi connectivity index (χ1v) is 9.46. The summed E-state index contributed by atoms with van der Waals surface area (Å²) >= 11 is 1.46. The van der Waals surface area contributed by atoms with Crippen molar-refractivity contribution < 1.29 is 4.79 Å². The molecule has 0 N–H and O–H groups in total. The highest BCUT2D eigenvalue weighted by Gasteiger charge is 2.29. The van der Waals surface area contributed by atoms with Crippen molar-refractivity contribution in [3.8, 4) is 5.69 Å². The number of thioether (sulfide) groups is 1. The van der Waals surface area contributed by atoms with E-state index in [0.29, 0.717) is 17.8 Å². The number of aryl methyl sites for hydroxylation is 1. The van der Waals surface area contributed by atoms with Crippen LogP contribution in [0.3, 0.4) is 0 Å². The van der Waals surface area contributed by atoms with Gasteiger partial charge in [-0.25, -0.2) is 0 Å². The second-order valence-electron chi connectivity index (χ2n) is 6.49. The summed E-state index contributed by atoms with van der Waals surface area (Å²) in [7, 11) is 0. The summed E-state index contributed by atoms with van der Waals surface area (Å²) in [6, 6.07) is 8.77. The molecule has 3 rings (SSSR count). The molecule has 1 aliphatic heterocycles. The Morgan fingerprint density at radius 3 is 2.67 bits per heavy atom. The number of nitrogens with zero attached hydrogens (tertiary/aromatic N) is 4. The van der Waals surface area contributed by atoms with E-state index in [-0.39, 0.29) is 5.91 Å². The molecule has 6 heteroatoms. The molecule has 0 saturated carbocycles. The summed E-state index contributed by atoms with van der Waals surface area (Å²) in [4.78, 5) is 14.7. The van der Waals surface area contributed by atoms with Gasteiger partial charge < -0.3 is 4.90 Å². The first-order valence-electron chi connectivity index (χ1n) is 8.48. The molecule has 1 aromatic carbocycles. The van der Waals surface area contributed by atoms with Crippen LogP contribution < -0.4 is 0 Å². The zero-order chi connectivity index (χ0) is 17.1. The maximum Gasteiger partial charge on any atom is 0.233 e. The number of rotatable bonds is 4. The standard InChI is InChI=1S/C18H24N4OS/c1-13-7-4-5-10-16(13)21-12-19-20-18(21)24-11-17(23)22-14(2)8-6-9-15(22)3/h4-5,7,10,12,14-15H,6,8-9,11H2,1-3H3/t14-,15+. The number of hydrogen-bond acceptors (Lipinski definition) is 4. The Morgan fingerprint density at radius 1 is 1.25 bits per heavy atom. The van der Waals surface area contributed by atoms with Crippen molar-refractivity contribution in [1.82, 2.24) is 19.7 Å². The number of piperidine rings is 1. The molecule has 0 unspecified atom stereocenters. The van der Waals surface area contributed by atoms with Crippen molar-refractivity contribution >= 4 is 17.7 Å². The average Bonchev–Trinajstić information content (AvgIpc) is 3.01. The van der Waals surface area contributed by atoms with E-state index in [1.165, 1.54) is 18.2 Å². The normalized spacial score (nSPS) is 21.0. The van der Waals surface area contributed by atoms with E-state index in [1.54, 1.807) is 6.33 Å². The van der Waals surface area contributed by atoms with E-state index in [1.807, 2.05) is 27.7 Å². The van der Waals surface area contributed by atoms with E-state index in [9.17, 15) is 4.79 Å². The quantitative estimate of drug-likeness (QED) is 0.797. The molecule has 0 radical (unpaired) electrons. The number of likely N-dealkylation sites (tertiary alicyclic amines) is 1. The fourth-order valence-corrected chi connectivity index (χ4v) is 4.23. The summed E-state index contributed by atoms with van der Waals surface area (Å²) in [6.45, 7) is 6.36. The number of carbonyl (C=O) groups excluding carboxylic acids is 1. The maximum absolute atomic E-state index is 12.7. The van der Waals surface area contributed by atoms with Gasteiger partial charge in [0, 0.05) is 12.1 Å². The fraction of sp³-hybridized carbons (Fsp3) is 0.500. The van der Waals surface area contributed by atoms with Gasteiger partial charge in [0.2, 0.25) is 5.91 Å². The Hall–Kier alpha value is -1.82. The number of amides is 1. The molecule has 128 valence electrons. The van der Waals surface area contributed by atoms with Crippen molar-refractivity contribution in [2.45, 2.75) is 57.3 Å². The zero-order valence-corrected chi connectivity index (χ0v) is 15.3. The minimum absolute atomic E-state index is 0.194. The van der Waals surface area contributed by atoms with Crippen LogP contribution in [0.1, 0.15) is 38.7 Å². The van der Waals surface area contributed by atoms with Crippen molar-refractivity contribution in [1.29, 1.82) is 0 Å². The predicted octanol–water partition coefficient (Wildman–Crippen LogP) is 3.46. The molecule has 0 bridgehead atoms. The van der Waals surface area contributed by atoms with E-state index in [2.05, 4.69) is 37.0 Å². The van der Waals surface area contributed by atoms with Crippen LogP contribution in [0.5, 0.6) is 0 Å². The van der Waals surface area contributed by atoms with Crippen LogP contribution in [0.2, 0.25) is 0 Å². The van der Waals surface area contributed by atoms with Gasteiger partial charge in [0.05, 0.1) is 11.4 Å². The molecule has 1 aliphatic rings. The molecule has 1 aromatic heterocycles. The second kappa shape index (κ2) is 7.38. The largest absolute Gasteiger partial charge is 0.337 e. The van der Waals surface area contributed by atoms with Gasteiger partial charge in [-0.15, -0.1) is 10.2 Å². The summed E-state index contributed by atoms with van der Waals surface area (Å²) in [5, 5.41) is 8.98. The van der Waals surface area contributed by atoms with Crippen molar-refractivity contribution in [2.75, 3.05) is 5.75 Å². The van der Waals surface area contributed by atoms with Gasteiger partial charge in [0.15, 0.2) is 5.16 Å². The number of hydrogen-bond donors (Lipinski definition) is 0. The van der Waals surface area contributed by atoms with E-state index < -0.39 is 0 Å². The second-order valence-corrected chi connectivity index (χ2v) is 7.43. The lowest BCUT2D eigenvalue weighted by molar-refractivity contribution is -0.134. The minimum Gasteiger partial charge on any atom is -0.337 e. The van der Waals surface area contributed by atoms with Crippen LogP contribution in [-0.2, 0) is 4.79 Å². The lowest BCUT2D eigenvalue weighted by Gasteiger charge is -2.39. The number of carbonyl (C=O) groups is 1. The van der Waals surface area contributed by atoms with Crippen LogP contribution >= 0.6 is 11.8 Å².